The quantitative estimate of drug-likeness (QED) is 0.564. The summed E-state index contributed by atoms with van der Waals surface area (Å²) in [5, 5.41) is 0. The molecule has 1 aromatic heterocycles. The van der Waals surface area contributed by atoms with Crippen LogP contribution in [0.25, 0.3) is 0 Å². The van der Waals surface area contributed by atoms with Crippen molar-refractivity contribution in [1.82, 2.24) is 4.98 Å². The van der Waals surface area contributed by atoms with Crippen molar-refractivity contribution in [3.63, 3.8) is 0 Å². The molecule has 0 amide bonds. The first kappa shape index (κ1) is 10.1. The second-order valence-corrected chi connectivity index (χ2v) is 3.16. The third kappa shape index (κ3) is 2.03. The Balaban J connectivity index is 3.28. The van der Waals surface area contributed by atoms with E-state index in [0.29, 0.717) is 5.69 Å². The minimum absolute atomic E-state index is 0.0212. The monoisotopic (exact) mass is 247 g/mol. The van der Waals surface area contributed by atoms with Crippen LogP contribution < -0.4 is 0 Å². The van der Waals surface area contributed by atoms with Gasteiger partial charge in [0.1, 0.15) is 4.60 Å². The smallest absolute Gasteiger partial charge is 0.341 e. The van der Waals surface area contributed by atoms with Crippen LogP contribution in [0.5, 0.6) is 0 Å². The first-order valence-corrected chi connectivity index (χ1v) is 4.26. The van der Waals surface area contributed by atoms with E-state index in [9.17, 15) is 9.18 Å². The fraction of sp³-hybridized carbons (Fsp3) is 0.250. The SMILES string of the molecule is COC(=O)c1cc(C)nc(Br)c1F. The van der Waals surface area contributed by atoms with Crippen molar-refractivity contribution in [3.8, 4) is 0 Å². The third-order valence-corrected chi connectivity index (χ3v) is 1.98. The van der Waals surface area contributed by atoms with Gasteiger partial charge in [0.2, 0.25) is 0 Å². The van der Waals surface area contributed by atoms with Gasteiger partial charge < -0.3 is 4.74 Å². The largest absolute Gasteiger partial charge is 0.465 e. The van der Waals surface area contributed by atoms with E-state index >= 15 is 0 Å². The lowest BCUT2D eigenvalue weighted by molar-refractivity contribution is 0.0595. The summed E-state index contributed by atoms with van der Waals surface area (Å²) in [6, 6.07) is 1.34. The highest BCUT2D eigenvalue weighted by atomic mass is 79.9. The molecule has 5 heteroatoms. The lowest BCUT2D eigenvalue weighted by Gasteiger charge is -2.03. The molecule has 1 aromatic rings. The molecule has 0 aliphatic carbocycles. The number of pyridine rings is 1. The molecule has 0 bridgehead atoms. The highest BCUT2D eigenvalue weighted by Gasteiger charge is 2.16. The summed E-state index contributed by atoms with van der Waals surface area (Å²) in [4.78, 5) is 14.8. The summed E-state index contributed by atoms with van der Waals surface area (Å²) >= 11 is 2.90. The summed E-state index contributed by atoms with van der Waals surface area (Å²) in [7, 11) is 1.20. The maximum atomic E-state index is 13.2. The van der Waals surface area contributed by atoms with Gasteiger partial charge in [0, 0.05) is 5.69 Å². The van der Waals surface area contributed by atoms with E-state index in [1.807, 2.05) is 0 Å². The van der Waals surface area contributed by atoms with Crippen LogP contribution >= 0.6 is 15.9 Å². The minimum Gasteiger partial charge on any atom is -0.465 e. The van der Waals surface area contributed by atoms with Crippen molar-refractivity contribution in [2.75, 3.05) is 7.11 Å². The molecule has 0 saturated heterocycles. The minimum atomic E-state index is -0.705. The fourth-order valence-corrected chi connectivity index (χ4v) is 1.37. The van der Waals surface area contributed by atoms with Gasteiger partial charge in [-0.05, 0) is 28.9 Å². The van der Waals surface area contributed by atoms with Crippen LogP contribution in [0.2, 0.25) is 0 Å². The molecule has 13 heavy (non-hydrogen) atoms. The molecule has 0 fully saturated rings. The van der Waals surface area contributed by atoms with Crippen molar-refractivity contribution >= 4 is 21.9 Å². The Morgan fingerprint density at radius 3 is 2.85 bits per heavy atom. The Morgan fingerprint density at radius 2 is 2.31 bits per heavy atom. The predicted molar refractivity (Wildman–Crippen MR) is 48.0 cm³/mol. The number of aryl methyl sites for hydroxylation is 1. The zero-order valence-corrected chi connectivity index (χ0v) is 8.68. The summed E-state index contributed by atoms with van der Waals surface area (Å²) in [5.41, 5.74) is 0.440. The Bertz CT molecular complexity index is 354. The molecule has 0 saturated carbocycles. The molecule has 1 heterocycles. The van der Waals surface area contributed by atoms with Gasteiger partial charge in [-0.1, -0.05) is 0 Å². The standard InChI is InChI=1S/C8H7BrFNO2/c1-4-3-5(8(12)13-2)6(10)7(9)11-4/h3H,1-2H3. The average molecular weight is 248 g/mol. The van der Waals surface area contributed by atoms with Gasteiger partial charge in [-0.3, -0.25) is 0 Å². The molecule has 1 rings (SSSR count). The van der Waals surface area contributed by atoms with Crippen LogP contribution in [0.3, 0.4) is 0 Å². The van der Waals surface area contributed by atoms with E-state index in [-0.39, 0.29) is 10.2 Å². The van der Waals surface area contributed by atoms with Gasteiger partial charge >= 0.3 is 5.97 Å². The Morgan fingerprint density at radius 1 is 1.69 bits per heavy atom. The van der Waals surface area contributed by atoms with E-state index in [1.165, 1.54) is 13.2 Å². The van der Waals surface area contributed by atoms with Crippen LogP contribution in [-0.4, -0.2) is 18.1 Å². The topological polar surface area (TPSA) is 39.2 Å². The first-order valence-electron chi connectivity index (χ1n) is 3.47. The number of aromatic nitrogens is 1. The number of hydrogen-bond donors (Lipinski definition) is 0. The van der Waals surface area contributed by atoms with Crippen LogP contribution in [0.1, 0.15) is 16.1 Å². The molecular weight excluding hydrogens is 241 g/mol. The van der Waals surface area contributed by atoms with Crippen molar-refractivity contribution in [3.05, 3.63) is 27.7 Å². The van der Waals surface area contributed by atoms with E-state index in [1.54, 1.807) is 6.92 Å². The summed E-state index contributed by atoms with van der Waals surface area (Å²) in [6.45, 7) is 1.66. The third-order valence-electron chi connectivity index (χ3n) is 1.45. The molecule has 3 nitrogen and oxygen atoms in total. The molecule has 0 aliphatic heterocycles. The maximum absolute atomic E-state index is 13.2. The highest BCUT2D eigenvalue weighted by Crippen LogP contribution is 2.18. The molecular formula is C8H7BrFNO2. The van der Waals surface area contributed by atoms with Gasteiger partial charge in [-0.15, -0.1) is 0 Å². The van der Waals surface area contributed by atoms with Gasteiger partial charge in [0.05, 0.1) is 12.7 Å². The van der Waals surface area contributed by atoms with Crippen molar-refractivity contribution in [2.24, 2.45) is 0 Å². The van der Waals surface area contributed by atoms with E-state index in [4.69, 9.17) is 0 Å². The summed E-state index contributed by atoms with van der Waals surface area (Å²) < 4.78 is 17.6. The van der Waals surface area contributed by atoms with Crippen molar-refractivity contribution in [2.45, 2.75) is 6.92 Å². The van der Waals surface area contributed by atoms with Gasteiger partial charge in [-0.25, -0.2) is 14.2 Å². The molecule has 0 radical (unpaired) electrons. The number of methoxy groups -OCH3 is 1. The highest BCUT2D eigenvalue weighted by molar-refractivity contribution is 9.10. The number of hydrogen-bond acceptors (Lipinski definition) is 3. The Hall–Kier alpha value is -0.970. The zero-order chi connectivity index (χ0) is 10.0. The molecule has 0 atom stereocenters. The van der Waals surface area contributed by atoms with Crippen LogP contribution in [0, 0.1) is 12.7 Å². The lowest BCUT2D eigenvalue weighted by Crippen LogP contribution is -2.06. The maximum Gasteiger partial charge on any atom is 0.341 e. The second kappa shape index (κ2) is 3.83. The predicted octanol–water partition coefficient (Wildman–Crippen LogP) is 2.08. The molecule has 0 N–H and O–H groups in total. The number of nitrogens with zero attached hydrogens (tertiary/aromatic N) is 1. The number of ether oxygens (including phenoxy) is 1. The summed E-state index contributed by atoms with van der Waals surface area (Å²) in [6.07, 6.45) is 0. The van der Waals surface area contributed by atoms with Crippen LogP contribution in [0.4, 0.5) is 4.39 Å². The average Bonchev–Trinajstić information content (AvgIpc) is 2.10. The van der Waals surface area contributed by atoms with E-state index in [2.05, 4.69) is 25.7 Å². The zero-order valence-electron chi connectivity index (χ0n) is 7.10. The van der Waals surface area contributed by atoms with Crippen molar-refractivity contribution < 1.29 is 13.9 Å². The van der Waals surface area contributed by atoms with Crippen molar-refractivity contribution in [1.29, 1.82) is 0 Å². The molecule has 0 aliphatic rings. The Labute approximate surface area is 83.1 Å². The van der Waals surface area contributed by atoms with Gasteiger partial charge in [-0.2, -0.15) is 0 Å². The lowest BCUT2D eigenvalue weighted by atomic mass is 10.2. The number of rotatable bonds is 1. The molecule has 70 valence electrons. The second-order valence-electron chi connectivity index (χ2n) is 2.41. The summed E-state index contributed by atoms with van der Waals surface area (Å²) in [5.74, 6) is -1.40. The normalized spacial score (nSPS) is 9.85. The number of carbonyl (C=O) groups is 1. The van der Waals surface area contributed by atoms with E-state index < -0.39 is 11.8 Å². The fourth-order valence-electron chi connectivity index (χ4n) is 0.878. The molecule has 0 spiro atoms. The van der Waals surface area contributed by atoms with Gasteiger partial charge in [0.15, 0.2) is 5.82 Å². The van der Waals surface area contributed by atoms with Crippen LogP contribution in [0.15, 0.2) is 10.7 Å². The van der Waals surface area contributed by atoms with Crippen LogP contribution in [-0.2, 0) is 4.74 Å². The Kier molecular flexibility index (Phi) is 2.98. The number of halogens is 2. The number of carbonyl (C=O) groups excluding carboxylic acids is 1. The molecule has 0 aromatic carbocycles. The molecule has 0 unspecified atom stereocenters. The first-order chi connectivity index (χ1) is 6.06. The van der Waals surface area contributed by atoms with E-state index in [0.717, 1.165) is 0 Å². The van der Waals surface area contributed by atoms with Gasteiger partial charge in [0.25, 0.3) is 0 Å². The number of esters is 1.